The average molecular weight is 407 g/mol. The van der Waals surface area contributed by atoms with Crippen molar-refractivity contribution in [1.82, 2.24) is 4.90 Å². The van der Waals surface area contributed by atoms with Crippen LogP contribution >= 0.6 is 0 Å². The molecule has 154 valence electrons. The summed E-state index contributed by atoms with van der Waals surface area (Å²) in [6.45, 7) is 0.863. The summed E-state index contributed by atoms with van der Waals surface area (Å²) in [7, 11) is 0. The van der Waals surface area contributed by atoms with E-state index in [-0.39, 0.29) is 24.4 Å². The molecule has 1 atom stereocenters. The Balaban J connectivity index is 1.82. The van der Waals surface area contributed by atoms with Crippen molar-refractivity contribution in [1.29, 1.82) is 0 Å². The second-order valence-electron chi connectivity index (χ2n) is 6.84. The molecule has 1 amide bonds. The van der Waals surface area contributed by atoms with Gasteiger partial charge in [0.25, 0.3) is 5.69 Å². The number of esters is 1. The molecular weight excluding hydrogens is 386 g/mol. The van der Waals surface area contributed by atoms with E-state index >= 15 is 0 Å². The van der Waals surface area contributed by atoms with Crippen LogP contribution in [0.5, 0.6) is 0 Å². The highest BCUT2D eigenvalue weighted by molar-refractivity contribution is 5.98. The van der Waals surface area contributed by atoms with Gasteiger partial charge in [-0.05, 0) is 23.6 Å². The van der Waals surface area contributed by atoms with Gasteiger partial charge in [0.1, 0.15) is 11.7 Å². The summed E-state index contributed by atoms with van der Waals surface area (Å²) in [5, 5.41) is 13.9. The smallest absolute Gasteiger partial charge is 0.308 e. The van der Waals surface area contributed by atoms with E-state index in [1.807, 2.05) is 29.2 Å². The molecule has 3 rings (SSSR count). The molecule has 1 aliphatic rings. The van der Waals surface area contributed by atoms with Crippen LogP contribution in [0.2, 0.25) is 0 Å². The van der Waals surface area contributed by atoms with Gasteiger partial charge in [0.15, 0.2) is 6.61 Å². The second kappa shape index (κ2) is 9.67. The Morgan fingerprint density at radius 3 is 2.63 bits per heavy atom. The van der Waals surface area contributed by atoms with Gasteiger partial charge in [-0.2, -0.15) is 0 Å². The maximum Gasteiger partial charge on any atom is 0.308 e. The molecule has 8 nitrogen and oxygen atoms in total. The number of nitrogens with one attached hydrogen (secondary N) is 1. The molecule has 1 aliphatic heterocycles. The van der Waals surface area contributed by atoms with Crippen LogP contribution < -0.4 is 5.32 Å². The molecule has 0 saturated heterocycles. The number of nitro groups is 1. The van der Waals surface area contributed by atoms with E-state index in [2.05, 4.69) is 11.2 Å². The van der Waals surface area contributed by atoms with Crippen LogP contribution in [-0.4, -0.2) is 40.9 Å². The highest BCUT2D eigenvalue weighted by Crippen LogP contribution is 2.26. The highest BCUT2D eigenvalue weighted by Gasteiger charge is 2.32. The van der Waals surface area contributed by atoms with E-state index in [0.717, 1.165) is 12.0 Å². The standard InChI is InChI=1S/C22H21N3O5/c1-2-13-30-21(26)14-20(24-12-11-16-7-3-4-8-17(16)15-24)22(27)23-18-9-5-6-10-19(18)25(28)29/h1,3-10,20H,11-15H2,(H,23,27)/t20-/m0/s1. The molecule has 2 aromatic carbocycles. The number of benzene rings is 2. The molecule has 2 aromatic rings. The number of rotatable bonds is 7. The number of para-hydroxylation sites is 2. The Kier molecular flexibility index (Phi) is 6.78. The van der Waals surface area contributed by atoms with Crippen LogP contribution in [0.1, 0.15) is 17.5 Å². The largest absolute Gasteiger partial charge is 0.452 e. The molecule has 8 heteroatoms. The normalized spacial score (nSPS) is 14.1. The SMILES string of the molecule is C#CCOC(=O)C[C@@H](C(=O)Nc1ccccc1[N+](=O)[O-])N1CCc2ccccc2C1. The van der Waals surface area contributed by atoms with Gasteiger partial charge in [-0.25, -0.2) is 0 Å². The lowest BCUT2D eigenvalue weighted by Crippen LogP contribution is -2.47. The lowest BCUT2D eigenvalue weighted by atomic mass is 9.97. The molecule has 0 saturated carbocycles. The lowest BCUT2D eigenvalue weighted by molar-refractivity contribution is -0.383. The zero-order chi connectivity index (χ0) is 21.5. The number of ether oxygens (including phenoxy) is 1. The number of carbonyl (C=O) groups excluding carboxylic acids is 2. The number of nitrogens with zero attached hydrogens (tertiary/aromatic N) is 2. The second-order valence-corrected chi connectivity index (χ2v) is 6.84. The van der Waals surface area contributed by atoms with Crippen molar-refractivity contribution in [2.24, 2.45) is 0 Å². The predicted octanol–water partition coefficient (Wildman–Crippen LogP) is 2.53. The first-order valence-corrected chi connectivity index (χ1v) is 9.43. The number of amides is 1. The molecule has 0 unspecified atom stereocenters. The minimum absolute atomic E-state index is 0.0758. The Labute approximate surface area is 174 Å². The van der Waals surface area contributed by atoms with Crippen LogP contribution in [0.4, 0.5) is 11.4 Å². The average Bonchev–Trinajstić information content (AvgIpc) is 2.75. The van der Waals surface area contributed by atoms with Gasteiger partial charge in [-0.1, -0.05) is 42.3 Å². The first-order chi connectivity index (χ1) is 14.5. The topological polar surface area (TPSA) is 102 Å². The third-order valence-electron chi connectivity index (χ3n) is 4.94. The third kappa shape index (κ3) is 5.01. The summed E-state index contributed by atoms with van der Waals surface area (Å²) in [6.07, 6.45) is 5.64. The van der Waals surface area contributed by atoms with E-state index in [1.165, 1.54) is 23.8 Å². The van der Waals surface area contributed by atoms with Crippen molar-refractivity contribution < 1.29 is 19.2 Å². The number of hydrogen-bond donors (Lipinski definition) is 1. The monoisotopic (exact) mass is 407 g/mol. The van der Waals surface area contributed by atoms with E-state index in [4.69, 9.17) is 11.2 Å². The highest BCUT2D eigenvalue weighted by atomic mass is 16.6. The number of carbonyl (C=O) groups is 2. The number of fused-ring (bicyclic) bond motifs is 1. The number of nitro benzene ring substituents is 1. The minimum atomic E-state index is -0.858. The van der Waals surface area contributed by atoms with E-state index < -0.39 is 22.8 Å². The van der Waals surface area contributed by atoms with E-state index in [0.29, 0.717) is 13.1 Å². The van der Waals surface area contributed by atoms with Gasteiger partial charge in [-0.15, -0.1) is 6.42 Å². The van der Waals surface area contributed by atoms with Crippen molar-refractivity contribution in [2.45, 2.75) is 25.4 Å². The van der Waals surface area contributed by atoms with Gasteiger partial charge in [-0.3, -0.25) is 24.6 Å². The Hall–Kier alpha value is -3.70. The Bertz CT molecular complexity index is 998. The third-order valence-corrected chi connectivity index (χ3v) is 4.94. The molecule has 1 heterocycles. The van der Waals surface area contributed by atoms with Crippen LogP contribution in [0.15, 0.2) is 48.5 Å². The summed E-state index contributed by atoms with van der Waals surface area (Å²) in [6, 6.07) is 12.9. The fourth-order valence-electron chi connectivity index (χ4n) is 3.46. The van der Waals surface area contributed by atoms with Crippen molar-refractivity contribution in [3.8, 4) is 12.3 Å². The van der Waals surface area contributed by atoms with Crippen molar-refractivity contribution in [3.63, 3.8) is 0 Å². The first-order valence-electron chi connectivity index (χ1n) is 9.43. The fourth-order valence-corrected chi connectivity index (χ4v) is 3.46. The fraction of sp³-hybridized carbons (Fsp3) is 0.273. The summed E-state index contributed by atoms with van der Waals surface area (Å²) < 4.78 is 4.95. The molecule has 0 bridgehead atoms. The lowest BCUT2D eigenvalue weighted by Gasteiger charge is -2.34. The van der Waals surface area contributed by atoms with Gasteiger partial charge in [0.05, 0.1) is 11.3 Å². The molecule has 1 N–H and O–H groups in total. The predicted molar refractivity (Wildman–Crippen MR) is 110 cm³/mol. The van der Waals surface area contributed by atoms with Gasteiger partial charge >= 0.3 is 5.97 Å². The molecular formula is C22H21N3O5. The van der Waals surface area contributed by atoms with E-state index in [1.54, 1.807) is 6.07 Å². The number of hydrogen-bond acceptors (Lipinski definition) is 6. The Morgan fingerprint density at radius 2 is 1.90 bits per heavy atom. The zero-order valence-corrected chi connectivity index (χ0v) is 16.2. The molecule has 30 heavy (non-hydrogen) atoms. The van der Waals surface area contributed by atoms with Crippen LogP contribution in [0.3, 0.4) is 0 Å². The van der Waals surface area contributed by atoms with Crippen LogP contribution in [0.25, 0.3) is 0 Å². The van der Waals surface area contributed by atoms with Crippen LogP contribution in [-0.2, 0) is 27.3 Å². The van der Waals surface area contributed by atoms with Gasteiger partial charge in [0.2, 0.25) is 5.91 Å². The molecule has 0 aromatic heterocycles. The van der Waals surface area contributed by atoms with Gasteiger partial charge < -0.3 is 10.1 Å². The van der Waals surface area contributed by atoms with Crippen molar-refractivity contribution in [3.05, 3.63) is 69.8 Å². The minimum Gasteiger partial charge on any atom is -0.452 e. The van der Waals surface area contributed by atoms with E-state index in [9.17, 15) is 19.7 Å². The Morgan fingerprint density at radius 1 is 1.20 bits per heavy atom. The molecule has 0 radical (unpaired) electrons. The summed E-state index contributed by atoms with van der Waals surface area (Å²) in [4.78, 5) is 37.9. The first kappa shape index (κ1) is 21.0. The molecule has 0 spiro atoms. The van der Waals surface area contributed by atoms with Crippen molar-refractivity contribution >= 4 is 23.3 Å². The molecule has 0 aliphatic carbocycles. The quantitative estimate of drug-likeness (QED) is 0.328. The summed E-state index contributed by atoms with van der Waals surface area (Å²) >= 11 is 0. The summed E-state index contributed by atoms with van der Waals surface area (Å²) in [5.74, 6) is 1.11. The zero-order valence-electron chi connectivity index (χ0n) is 16.2. The van der Waals surface area contributed by atoms with Crippen molar-refractivity contribution in [2.75, 3.05) is 18.5 Å². The summed E-state index contributed by atoms with van der Waals surface area (Å²) in [5.41, 5.74) is 2.13. The number of terminal acetylenes is 1. The molecule has 0 fully saturated rings. The maximum absolute atomic E-state index is 13.1. The van der Waals surface area contributed by atoms with Crippen LogP contribution in [0, 0.1) is 22.5 Å². The number of anilines is 1. The maximum atomic E-state index is 13.1. The van der Waals surface area contributed by atoms with Gasteiger partial charge in [0, 0.05) is 19.2 Å².